The van der Waals surface area contributed by atoms with Gasteiger partial charge in [-0.15, -0.1) is 0 Å². The van der Waals surface area contributed by atoms with Crippen LogP contribution in [0.4, 0.5) is 5.69 Å². The number of anilines is 1. The molecule has 0 aromatic heterocycles. The minimum absolute atomic E-state index is 0.0497. The predicted octanol–water partition coefficient (Wildman–Crippen LogP) is 3.32. The van der Waals surface area contributed by atoms with Crippen LogP contribution in [-0.4, -0.2) is 24.3 Å². The van der Waals surface area contributed by atoms with E-state index >= 15 is 0 Å². The van der Waals surface area contributed by atoms with Crippen LogP contribution in [0.3, 0.4) is 0 Å². The molecule has 1 saturated carbocycles. The topological polar surface area (TPSA) is 81.8 Å². The SMILES string of the molecule is CCC1CCCC(Oc2cc(C(=O)O)c(N)cc2OC)C1. The van der Waals surface area contributed by atoms with E-state index in [4.69, 9.17) is 20.3 Å². The third-order valence-corrected chi connectivity index (χ3v) is 4.17. The van der Waals surface area contributed by atoms with Crippen molar-refractivity contribution in [3.8, 4) is 11.5 Å². The summed E-state index contributed by atoms with van der Waals surface area (Å²) in [6, 6.07) is 2.98. The molecule has 0 amide bonds. The smallest absolute Gasteiger partial charge is 0.337 e. The van der Waals surface area contributed by atoms with E-state index in [0.717, 1.165) is 25.7 Å². The first-order chi connectivity index (χ1) is 10.0. The lowest BCUT2D eigenvalue weighted by Gasteiger charge is -2.29. The molecule has 2 unspecified atom stereocenters. The van der Waals surface area contributed by atoms with Crippen molar-refractivity contribution in [1.82, 2.24) is 0 Å². The first kappa shape index (κ1) is 15.5. The summed E-state index contributed by atoms with van der Waals surface area (Å²) in [5.41, 5.74) is 5.96. The Morgan fingerprint density at radius 3 is 2.76 bits per heavy atom. The van der Waals surface area contributed by atoms with Gasteiger partial charge in [0.25, 0.3) is 0 Å². The summed E-state index contributed by atoms with van der Waals surface area (Å²) in [5, 5.41) is 9.16. The van der Waals surface area contributed by atoms with Gasteiger partial charge in [-0.25, -0.2) is 4.79 Å². The molecule has 21 heavy (non-hydrogen) atoms. The highest BCUT2D eigenvalue weighted by molar-refractivity contribution is 5.94. The van der Waals surface area contributed by atoms with Crippen molar-refractivity contribution < 1.29 is 19.4 Å². The largest absolute Gasteiger partial charge is 0.493 e. The van der Waals surface area contributed by atoms with E-state index in [9.17, 15) is 4.79 Å². The molecule has 116 valence electrons. The molecule has 1 aromatic carbocycles. The van der Waals surface area contributed by atoms with Crippen molar-refractivity contribution in [1.29, 1.82) is 0 Å². The van der Waals surface area contributed by atoms with Crippen LogP contribution in [0, 0.1) is 5.92 Å². The third-order valence-electron chi connectivity index (χ3n) is 4.17. The van der Waals surface area contributed by atoms with Crippen molar-refractivity contribution in [2.45, 2.75) is 45.1 Å². The van der Waals surface area contributed by atoms with Gasteiger partial charge in [-0.3, -0.25) is 0 Å². The van der Waals surface area contributed by atoms with Gasteiger partial charge in [-0.05, 0) is 25.2 Å². The Morgan fingerprint density at radius 2 is 2.14 bits per heavy atom. The first-order valence-corrected chi connectivity index (χ1v) is 7.42. The fraction of sp³-hybridized carbons (Fsp3) is 0.562. The van der Waals surface area contributed by atoms with E-state index in [1.807, 2.05) is 0 Å². The lowest BCUT2D eigenvalue weighted by Crippen LogP contribution is -2.25. The lowest BCUT2D eigenvalue weighted by atomic mass is 9.85. The van der Waals surface area contributed by atoms with E-state index < -0.39 is 5.97 Å². The number of aromatic carboxylic acids is 1. The average molecular weight is 293 g/mol. The number of hydrogen-bond acceptors (Lipinski definition) is 4. The molecule has 5 nitrogen and oxygen atoms in total. The molecule has 3 N–H and O–H groups in total. The molecule has 2 rings (SSSR count). The van der Waals surface area contributed by atoms with Crippen LogP contribution in [0.5, 0.6) is 11.5 Å². The molecule has 1 aromatic rings. The second-order valence-electron chi connectivity index (χ2n) is 5.58. The minimum Gasteiger partial charge on any atom is -0.493 e. The average Bonchev–Trinajstić information content (AvgIpc) is 2.48. The summed E-state index contributed by atoms with van der Waals surface area (Å²) in [4.78, 5) is 11.2. The van der Waals surface area contributed by atoms with Crippen molar-refractivity contribution in [3.05, 3.63) is 17.7 Å². The standard InChI is InChI=1S/C16H23NO4/c1-3-10-5-4-6-11(7-10)21-15-8-12(16(18)19)13(17)9-14(15)20-2/h8-11H,3-7,17H2,1-2H3,(H,18,19). The van der Waals surface area contributed by atoms with E-state index in [2.05, 4.69) is 6.92 Å². The van der Waals surface area contributed by atoms with Crippen molar-refractivity contribution in [3.63, 3.8) is 0 Å². The van der Waals surface area contributed by atoms with E-state index in [-0.39, 0.29) is 17.4 Å². The zero-order valence-electron chi connectivity index (χ0n) is 12.6. The van der Waals surface area contributed by atoms with E-state index in [0.29, 0.717) is 17.4 Å². The Labute approximate surface area is 125 Å². The second kappa shape index (κ2) is 6.70. The van der Waals surface area contributed by atoms with Gasteiger partial charge in [0, 0.05) is 12.1 Å². The molecule has 0 bridgehead atoms. The summed E-state index contributed by atoms with van der Waals surface area (Å²) in [6.07, 6.45) is 5.66. The van der Waals surface area contributed by atoms with Gasteiger partial charge in [0.05, 0.1) is 24.5 Å². The monoisotopic (exact) mass is 293 g/mol. The Morgan fingerprint density at radius 1 is 1.38 bits per heavy atom. The number of ether oxygens (including phenoxy) is 2. The normalized spacial score (nSPS) is 21.8. The molecule has 0 saturated heterocycles. The summed E-state index contributed by atoms with van der Waals surface area (Å²) in [6.45, 7) is 2.19. The Bertz CT molecular complexity index is 515. The Kier molecular flexibility index (Phi) is 4.94. The zero-order chi connectivity index (χ0) is 15.4. The highest BCUT2D eigenvalue weighted by Crippen LogP contribution is 2.36. The van der Waals surface area contributed by atoms with Gasteiger partial charge in [0.2, 0.25) is 0 Å². The van der Waals surface area contributed by atoms with Gasteiger partial charge >= 0.3 is 5.97 Å². The number of methoxy groups -OCH3 is 1. The molecule has 0 heterocycles. The molecule has 0 aliphatic heterocycles. The van der Waals surface area contributed by atoms with Gasteiger partial charge in [0.15, 0.2) is 11.5 Å². The maximum Gasteiger partial charge on any atom is 0.337 e. The quantitative estimate of drug-likeness (QED) is 0.814. The first-order valence-electron chi connectivity index (χ1n) is 7.42. The van der Waals surface area contributed by atoms with E-state index in [1.54, 1.807) is 0 Å². The van der Waals surface area contributed by atoms with Crippen LogP contribution >= 0.6 is 0 Å². The summed E-state index contributed by atoms with van der Waals surface area (Å²) >= 11 is 0. The summed E-state index contributed by atoms with van der Waals surface area (Å²) in [7, 11) is 1.53. The summed E-state index contributed by atoms with van der Waals surface area (Å²) in [5.74, 6) is 0.569. The van der Waals surface area contributed by atoms with Gasteiger partial charge < -0.3 is 20.3 Å². The van der Waals surface area contributed by atoms with Crippen LogP contribution in [0.15, 0.2) is 12.1 Å². The lowest BCUT2D eigenvalue weighted by molar-refractivity contribution is 0.0696. The molecular weight excluding hydrogens is 270 g/mol. The van der Waals surface area contributed by atoms with E-state index in [1.165, 1.54) is 25.7 Å². The van der Waals surface area contributed by atoms with Gasteiger partial charge in [-0.1, -0.05) is 19.8 Å². The highest BCUT2D eigenvalue weighted by atomic mass is 16.5. The minimum atomic E-state index is -1.06. The number of carboxylic acids is 1. The zero-order valence-corrected chi connectivity index (χ0v) is 12.6. The number of hydrogen-bond donors (Lipinski definition) is 2. The molecule has 1 aliphatic rings. The predicted molar refractivity (Wildman–Crippen MR) is 81.0 cm³/mol. The van der Waals surface area contributed by atoms with Crippen LogP contribution < -0.4 is 15.2 Å². The number of nitrogen functional groups attached to an aromatic ring is 1. The van der Waals surface area contributed by atoms with Crippen molar-refractivity contribution in [2.75, 3.05) is 12.8 Å². The number of nitrogens with two attached hydrogens (primary N) is 1. The molecule has 1 aliphatic carbocycles. The number of carboxylic acid groups (broad SMARTS) is 1. The van der Waals surface area contributed by atoms with Crippen molar-refractivity contribution in [2.24, 2.45) is 5.92 Å². The summed E-state index contributed by atoms with van der Waals surface area (Å²) < 4.78 is 11.3. The molecule has 2 atom stereocenters. The molecule has 0 radical (unpaired) electrons. The van der Waals surface area contributed by atoms with Crippen LogP contribution in [0.25, 0.3) is 0 Å². The fourth-order valence-corrected chi connectivity index (χ4v) is 2.91. The highest BCUT2D eigenvalue weighted by Gasteiger charge is 2.24. The van der Waals surface area contributed by atoms with Crippen molar-refractivity contribution >= 4 is 11.7 Å². The Balaban J connectivity index is 2.21. The maximum absolute atomic E-state index is 11.2. The molecule has 5 heteroatoms. The van der Waals surface area contributed by atoms with Crippen LogP contribution in [-0.2, 0) is 0 Å². The van der Waals surface area contributed by atoms with Gasteiger partial charge in [-0.2, -0.15) is 0 Å². The molecule has 1 fully saturated rings. The molecular formula is C16H23NO4. The number of benzene rings is 1. The maximum atomic E-state index is 11.2. The second-order valence-corrected chi connectivity index (χ2v) is 5.58. The molecule has 0 spiro atoms. The third kappa shape index (κ3) is 3.60. The number of carbonyl (C=O) groups is 1. The van der Waals surface area contributed by atoms with Crippen LogP contribution in [0.1, 0.15) is 49.4 Å². The Hall–Kier alpha value is -1.91. The van der Waals surface area contributed by atoms with Gasteiger partial charge in [0.1, 0.15) is 0 Å². The fourth-order valence-electron chi connectivity index (χ4n) is 2.91. The van der Waals surface area contributed by atoms with Crippen LogP contribution in [0.2, 0.25) is 0 Å². The number of rotatable bonds is 5.